The fourth-order valence-electron chi connectivity index (χ4n) is 2.63. The molecule has 0 aliphatic carbocycles. The lowest BCUT2D eigenvalue weighted by Crippen LogP contribution is -2.36. The van der Waals surface area contributed by atoms with Gasteiger partial charge >= 0.3 is 5.88 Å². The van der Waals surface area contributed by atoms with Crippen LogP contribution in [-0.4, -0.2) is 37.1 Å². The molecule has 1 amide bonds. The predicted molar refractivity (Wildman–Crippen MR) is 82.3 cm³/mol. The Morgan fingerprint density at radius 1 is 1.22 bits per heavy atom. The van der Waals surface area contributed by atoms with Crippen molar-refractivity contribution in [3.63, 3.8) is 0 Å². The third-order valence-electron chi connectivity index (χ3n) is 3.67. The van der Waals surface area contributed by atoms with Crippen molar-refractivity contribution in [2.24, 2.45) is 5.73 Å². The molecule has 1 aliphatic rings. The van der Waals surface area contributed by atoms with Crippen LogP contribution in [0.25, 0.3) is 11.1 Å². The molecule has 0 atom stereocenters. The summed E-state index contributed by atoms with van der Waals surface area (Å²) in [5, 5.41) is 10.9. The van der Waals surface area contributed by atoms with Crippen molar-refractivity contribution in [2.45, 2.75) is 0 Å². The molecule has 2 heterocycles. The van der Waals surface area contributed by atoms with E-state index in [1.54, 1.807) is 12.1 Å². The number of anilines is 1. The number of morpholine rings is 1. The first-order valence-corrected chi connectivity index (χ1v) is 7.08. The molecule has 8 heteroatoms. The molecule has 2 aromatic rings. The number of carbonyl (C=O) groups is 1. The van der Waals surface area contributed by atoms with Crippen LogP contribution in [0.15, 0.2) is 34.7 Å². The van der Waals surface area contributed by atoms with Crippen LogP contribution >= 0.6 is 0 Å². The predicted octanol–water partition coefficient (Wildman–Crippen LogP) is 1.79. The molecule has 1 saturated heterocycles. The number of benzene rings is 1. The summed E-state index contributed by atoms with van der Waals surface area (Å²) in [6.45, 7) is 2.59. The lowest BCUT2D eigenvalue weighted by atomic mass is 10.0. The van der Waals surface area contributed by atoms with Crippen molar-refractivity contribution in [1.29, 1.82) is 0 Å². The number of nitrogens with zero attached hydrogens (tertiary/aromatic N) is 2. The summed E-state index contributed by atoms with van der Waals surface area (Å²) in [6.07, 6.45) is 0. The number of furan rings is 1. The van der Waals surface area contributed by atoms with Crippen LogP contribution in [0.4, 0.5) is 11.6 Å². The van der Waals surface area contributed by atoms with Crippen LogP contribution in [-0.2, 0) is 4.74 Å². The summed E-state index contributed by atoms with van der Waals surface area (Å²) < 4.78 is 10.4. The fraction of sp³-hybridized carbons (Fsp3) is 0.267. The number of carbonyl (C=O) groups excluding carboxylic acids is 1. The first kappa shape index (κ1) is 15.0. The van der Waals surface area contributed by atoms with E-state index in [0.29, 0.717) is 37.4 Å². The molecule has 1 aliphatic heterocycles. The molecule has 0 unspecified atom stereocenters. The van der Waals surface area contributed by atoms with Crippen LogP contribution in [0.2, 0.25) is 0 Å². The standard InChI is InChI=1S/C15H15N3O5/c16-15(19)14-11(9-13(23-14)18(20)21)10-3-1-2-4-12(10)17-5-7-22-8-6-17/h1-4,9H,5-8H2,(H2,16,19). The molecule has 8 nitrogen and oxygen atoms in total. The molecule has 0 bridgehead atoms. The van der Waals surface area contributed by atoms with Gasteiger partial charge in [-0.1, -0.05) is 18.2 Å². The molecule has 120 valence electrons. The number of hydrogen-bond donors (Lipinski definition) is 1. The molecule has 0 spiro atoms. The van der Waals surface area contributed by atoms with Crippen LogP contribution < -0.4 is 10.6 Å². The van der Waals surface area contributed by atoms with Gasteiger partial charge in [-0.15, -0.1) is 0 Å². The minimum atomic E-state index is -0.843. The van der Waals surface area contributed by atoms with Gasteiger partial charge < -0.3 is 19.8 Å². The minimum absolute atomic E-state index is 0.211. The number of para-hydroxylation sites is 1. The normalized spacial score (nSPS) is 14.7. The molecule has 23 heavy (non-hydrogen) atoms. The van der Waals surface area contributed by atoms with Gasteiger partial charge in [0.2, 0.25) is 5.76 Å². The maximum Gasteiger partial charge on any atom is 0.434 e. The van der Waals surface area contributed by atoms with Gasteiger partial charge in [-0.2, -0.15) is 0 Å². The molecular weight excluding hydrogens is 302 g/mol. The number of rotatable bonds is 4. The minimum Gasteiger partial charge on any atom is -0.395 e. The second-order valence-corrected chi connectivity index (χ2v) is 5.07. The van der Waals surface area contributed by atoms with Crippen molar-refractivity contribution >= 4 is 17.5 Å². The highest BCUT2D eigenvalue weighted by Gasteiger charge is 2.26. The molecule has 1 fully saturated rings. The number of amides is 1. The zero-order chi connectivity index (χ0) is 16.4. The maximum absolute atomic E-state index is 11.6. The van der Waals surface area contributed by atoms with Gasteiger partial charge in [-0.05, 0) is 6.07 Å². The van der Waals surface area contributed by atoms with Crippen molar-refractivity contribution in [3.05, 3.63) is 46.2 Å². The van der Waals surface area contributed by atoms with E-state index in [9.17, 15) is 14.9 Å². The van der Waals surface area contributed by atoms with Crippen molar-refractivity contribution in [3.8, 4) is 11.1 Å². The van der Waals surface area contributed by atoms with E-state index in [1.165, 1.54) is 6.07 Å². The Balaban J connectivity index is 2.11. The molecule has 3 rings (SSSR count). The van der Waals surface area contributed by atoms with E-state index < -0.39 is 16.7 Å². The summed E-state index contributed by atoms with van der Waals surface area (Å²) in [5.74, 6) is -1.56. The summed E-state index contributed by atoms with van der Waals surface area (Å²) >= 11 is 0. The molecular formula is C15H15N3O5. The zero-order valence-electron chi connectivity index (χ0n) is 12.2. The van der Waals surface area contributed by atoms with Crippen LogP contribution in [0, 0.1) is 10.1 Å². The van der Waals surface area contributed by atoms with Crippen molar-refractivity contribution < 1.29 is 18.9 Å². The average Bonchev–Trinajstić information content (AvgIpc) is 3.01. The van der Waals surface area contributed by atoms with Gasteiger partial charge in [0.1, 0.15) is 4.92 Å². The highest BCUT2D eigenvalue weighted by atomic mass is 16.6. The van der Waals surface area contributed by atoms with Crippen LogP contribution in [0.5, 0.6) is 0 Å². The quantitative estimate of drug-likeness (QED) is 0.679. The lowest BCUT2D eigenvalue weighted by Gasteiger charge is -2.30. The molecule has 1 aromatic heterocycles. The molecule has 1 aromatic carbocycles. The highest BCUT2D eigenvalue weighted by Crippen LogP contribution is 2.37. The van der Waals surface area contributed by atoms with Crippen molar-refractivity contribution in [2.75, 3.05) is 31.2 Å². The highest BCUT2D eigenvalue weighted by molar-refractivity contribution is 5.99. The second-order valence-electron chi connectivity index (χ2n) is 5.07. The van der Waals surface area contributed by atoms with Gasteiger partial charge in [0, 0.05) is 29.9 Å². The van der Waals surface area contributed by atoms with Crippen LogP contribution in [0.3, 0.4) is 0 Å². The zero-order valence-corrected chi connectivity index (χ0v) is 12.2. The first-order chi connectivity index (χ1) is 11.1. The van der Waals surface area contributed by atoms with Crippen molar-refractivity contribution in [1.82, 2.24) is 0 Å². The van der Waals surface area contributed by atoms with E-state index >= 15 is 0 Å². The molecule has 2 N–H and O–H groups in total. The van der Waals surface area contributed by atoms with E-state index in [1.807, 2.05) is 12.1 Å². The van der Waals surface area contributed by atoms with E-state index in [0.717, 1.165) is 5.69 Å². The second kappa shape index (κ2) is 6.09. The van der Waals surface area contributed by atoms with E-state index in [-0.39, 0.29) is 5.76 Å². The third-order valence-corrected chi connectivity index (χ3v) is 3.67. The third kappa shape index (κ3) is 2.88. The largest absolute Gasteiger partial charge is 0.434 e. The van der Waals surface area contributed by atoms with Gasteiger partial charge in [0.25, 0.3) is 5.91 Å². The summed E-state index contributed by atoms with van der Waals surface area (Å²) in [6, 6.07) is 8.57. The van der Waals surface area contributed by atoms with Crippen LogP contribution in [0.1, 0.15) is 10.6 Å². The van der Waals surface area contributed by atoms with Gasteiger partial charge in [-0.3, -0.25) is 14.9 Å². The Morgan fingerprint density at radius 3 is 2.57 bits per heavy atom. The Hall–Kier alpha value is -2.87. The van der Waals surface area contributed by atoms with Gasteiger partial charge in [0.15, 0.2) is 0 Å². The molecule has 0 saturated carbocycles. The Bertz CT molecular complexity index is 749. The molecule has 0 radical (unpaired) electrons. The Labute approximate surface area is 131 Å². The smallest absolute Gasteiger partial charge is 0.395 e. The summed E-state index contributed by atoms with van der Waals surface area (Å²) in [7, 11) is 0. The number of primary amides is 1. The van der Waals surface area contributed by atoms with Gasteiger partial charge in [0.05, 0.1) is 19.3 Å². The van der Waals surface area contributed by atoms with E-state index in [2.05, 4.69) is 4.90 Å². The topological polar surface area (TPSA) is 112 Å². The fourth-order valence-corrected chi connectivity index (χ4v) is 2.63. The summed E-state index contributed by atoms with van der Waals surface area (Å²) in [4.78, 5) is 23.9. The van der Waals surface area contributed by atoms with E-state index in [4.69, 9.17) is 14.9 Å². The number of hydrogen-bond acceptors (Lipinski definition) is 6. The number of nitrogens with two attached hydrogens (primary N) is 1. The first-order valence-electron chi connectivity index (χ1n) is 7.08. The average molecular weight is 317 g/mol. The Morgan fingerprint density at radius 2 is 1.91 bits per heavy atom. The number of nitro groups is 1. The van der Waals surface area contributed by atoms with Gasteiger partial charge in [-0.25, -0.2) is 0 Å². The lowest BCUT2D eigenvalue weighted by molar-refractivity contribution is -0.402. The Kier molecular flexibility index (Phi) is 3.98. The monoisotopic (exact) mass is 317 g/mol. The SMILES string of the molecule is NC(=O)c1oc([N+](=O)[O-])cc1-c1ccccc1N1CCOCC1. The summed E-state index contributed by atoms with van der Waals surface area (Å²) in [5.41, 5.74) is 7.15. The maximum atomic E-state index is 11.6. The number of ether oxygens (including phenoxy) is 1.